The van der Waals surface area contributed by atoms with E-state index >= 15 is 0 Å². The molecular weight excluding hydrogens is 240 g/mol. The zero-order valence-corrected chi connectivity index (χ0v) is 10.1. The van der Waals surface area contributed by atoms with Gasteiger partial charge in [-0.3, -0.25) is 4.79 Å². The predicted molar refractivity (Wildman–Crippen MR) is 73.4 cm³/mol. The van der Waals surface area contributed by atoms with Crippen molar-refractivity contribution in [1.82, 2.24) is 9.97 Å². The molecule has 19 heavy (non-hydrogen) atoms. The van der Waals surface area contributed by atoms with Crippen LogP contribution in [-0.2, 0) is 6.42 Å². The minimum atomic E-state index is -0.261. The van der Waals surface area contributed by atoms with Crippen LogP contribution in [0.1, 0.15) is 15.9 Å². The highest BCUT2D eigenvalue weighted by Gasteiger charge is 2.08. The molecule has 3 aromatic rings. The van der Waals surface area contributed by atoms with Gasteiger partial charge < -0.3 is 9.97 Å². The fourth-order valence-electron chi connectivity index (χ4n) is 2.09. The summed E-state index contributed by atoms with van der Waals surface area (Å²) in [7, 11) is 0. The van der Waals surface area contributed by atoms with E-state index in [1.165, 1.54) is 0 Å². The van der Waals surface area contributed by atoms with E-state index in [9.17, 15) is 9.59 Å². The molecule has 94 valence electrons. The Balaban J connectivity index is 1.91. The molecule has 0 radical (unpaired) electrons. The number of fused-ring (bicyclic) bond motifs is 1. The van der Waals surface area contributed by atoms with E-state index in [0.29, 0.717) is 23.0 Å². The lowest BCUT2D eigenvalue weighted by Gasteiger charge is -2.01. The summed E-state index contributed by atoms with van der Waals surface area (Å²) in [5.74, 6) is 0.0372. The fourth-order valence-corrected chi connectivity index (χ4v) is 2.09. The maximum Gasteiger partial charge on any atom is 0.323 e. The summed E-state index contributed by atoms with van der Waals surface area (Å²) in [6.07, 6.45) is 0.362. The molecule has 2 N–H and O–H groups in total. The molecule has 0 aliphatic carbocycles. The van der Waals surface area contributed by atoms with Crippen LogP contribution < -0.4 is 5.69 Å². The van der Waals surface area contributed by atoms with Crippen molar-refractivity contribution in [2.75, 3.05) is 0 Å². The molecule has 0 atom stereocenters. The second kappa shape index (κ2) is 4.57. The third-order valence-corrected chi connectivity index (χ3v) is 3.05. The lowest BCUT2D eigenvalue weighted by molar-refractivity contribution is 0.0993. The molecule has 4 nitrogen and oxygen atoms in total. The summed E-state index contributed by atoms with van der Waals surface area (Å²) < 4.78 is 0. The summed E-state index contributed by atoms with van der Waals surface area (Å²) in [5, 5.41) is 0. The molecule has 0 spiro atoms. The lowest BCUT2D eigenvalue weighted by atomic mass is 10.0. The highest BCUT2D eigenvalue weighted by atomic mass is 16.1. The highest BCUT2D eigenvalue weighted by molar-refractivity contribution is 6.00. The molecule has 0 unspecified atom stereocenters. The van der Waals surface area contributed by atoms with Crippen LogP contribution >= 0.6 is 0 Å². The average molecular weight is 252 g/mol. The second-order valence-corrected chi connectivity index (χ2v) is 4.43. The van der Waals surface area contributed by atoms with Crippen molar-refractivity contribution >= 4 is 16.8 Å². The van der Waals surface area contributed by atoms with Crippen molar-refractivity contribution in [3.8, 4) is 0 Å². The third-order valence-electron chi connectivity index (χ3n) is 3.05. The maximum absolute atomic E-state index is 12.2. The SMILES string of the molecule is O=C(Cc1ccccc1)c1ccc2[nH]c(=O)[nH]c2c1. The van der Waals surface area contributed by atoms with Gasteiger partial charge in [0.05, 0.1) is 11.0 Å². The van der Waals surface area contributed by atoms with Gasteiger partial charge in [0.15, 0.2) is 5.78 Å². The second-order valence-electron chi connectivity index (χ2n) is 4.43. The van der Waals surface area contributed by atoms with Crippen molar-refractivity contribution in [2.45, 2.75) is 6.42 Å². The number of hydrogen-bond acceptors (Lipinski definition) is 2. The Hall–Kier alpha value is -2.62. The van der Waals surface area contributed by atoms with Crippen LogP contribution in [0.15, 0.2) is 53.3 Å². The van der Waals surface area contributed by atoms with Gasteiger partial charge in [-0.25, -0.2) is 4.79 Å². The number of aromatic amines is 2. The number of imidazole rings is 1. The van der Waals surface area contributed by atoms with Gasteiger partial charge in [-0.2, -0.15) is 0 Å². The molecule has 0 amide bonds. The summed E-state index contributed by atoms with van der Waals surface area (Å²) >= 11 is 0. The van der Waals surface area contributed by atoms with Crippen LogP contribution in [0.5, 0.6) is 0 Å². The minimum absolute atomic E-state index is 0.0372. The standard InChI is InChI=1S/C15H12N2O2/c18-14(8-10-4-2-1-3-5-10)11-6-7-12-13(9-11)17-15(19)16-12/h1-7,9H,8H2,(H2,16,17,19). The van der Waals surface area contributed by atoms with Gasteiger partial charge >= 0.3 is 5.69 Å². The van der Waals surface area contributed by atoms with Crippen molar-refractivity contribution in [2.24, 2.45) is 0 Å². The molecule has 4 heteroatoms. The number of carbonyl (C=O) groups excluding carboxylic acids is 1. The van der Waals surface area contributed by atoms with E-state index in [4.69, 9.17) is 0 Å². The molecule has 0 aliphatic heterocycles. The van der Waals surface area contributed by atoms with Crippen LogP contribution in [0.3, 0.4) is 0 Å². The van der Waals surface area contributed by atoms with Crippen LogP contribution in [0.25, 0.3) is 11.0 Å². The minimum Gasteiger partial charge on any atom is -0.306 e. The molecular formula is C15H12N2O2. The largest absolute Gasteiger partial charge is 0.323 e. The number of hydrogen-bond donors (Lipinski definition) is 2. The predicted octanol–water partition coefficient (Wildman–Crippen LogP) is 2.28. The number of H-pyrrole nitrogens is 2. The summed E-state index contributed by atoms with van der Waals surface area (Å²) in [4.78, 5) is 28.6. The van der Waals surface area contributed by atoms with Crippen molar-refractivity contribution in [3.63, 3.8) is 0 Å². The van der Waals surface area contributed by atoms with Gasteiger partial charge in [0, 0.05) is 12.0 Å². The Morgan fingerprint density at radius 3 is 2.47 bits per heavy atom. The van der Waals surface area contributed by atoms with Crippen molar-refractivity contribution in [3.05, 3.63) is 70.1 Å². The smallest absolute Gasteiger partial charge is 0.306 e. The monoisotopic (exact) mass is 252 g/mol. The molecule has 0 bridgehead atoms. The number of aromatic nitrogens is 2. The van der Waals surface area contributed by atoms with Gasteiger partial charge in [0.2, 0.25) is 0 Å². The summed E-state index contributed by atoms with van der Waals surface area (Å²) in [6.45, 7) is 0. The molecule has 0 fully saturated rings. The Kier molecular flexibility index (Phi) is 2.76. The first kappa shape index (κ1) is 11.5. The normalized spacial score (nSPS) is 10.7. The lowest BCUT2D eigenvalue weighted by Crippen LogP contribution is -2.03. The van der Waals surface area contributed by atoms with Gasteiger partial charge in [-0.05, 0) is 23.8 Å². The van der Waals surface area contributed by atoms with Crippen LogP contribution in [0.4, 0.5) is 0 Å². The van der Waals surface area contributed by atoms with Crippen molar-refractivity contribution < 1.29 is 4.79 Å². The summed E-state index contributed by atoms with van der Waals surface area (Å²) in [6, 6.07) is 14.8. The van der Waals surface area contributed by atoms with Gasteiger partial charge in [0.25, 0.3) is 0 Å². The topological polar surface area (TPSA) is 65.7 Å². The third kappa shape index (κ3) is 2.33. The first-order chi connectivity index (χ1) is 9.22. The Labute approximate surface area is 109 Å². The van der Waals surface area contributed by atoms with E-state index in [1.807, 2.05) is 30.3 Å². The first-order valence-corrected chi connectivity index (χ1v) is 6.01. The van der Waals surface area contributed by atoms with E-state index in [1.54, 1.807) is 18.2 Å². The van der Waals surface area contributed by atoms with E-state index < -0.39 is 0 Å². The molecule has 1 heterocycles. The highest BCUT2D eigenvalue weighted by Crippen LogP contribution is 2.13. The molecule has 0 aliphatic rings. The fraction of sp³-hybridized carbons (Fsp3) is 0.0667. The molecule has 0 saturated carbocycles. The maximum atomic E-state index is 12.2. The zero-order valence-electron chi connectivity index (χ0n) is 10.1. The van der Waals surface area contributed by atoms with Crippen LogP contribution in [-0.4, -0.2) is 15.8 Å². The average Bonchev–Trinajstić information content (AvgIpc) is 2.78. The first-order valence-electron chi connectivity index (χ1n) is 6.01. The molecule has 2 aromatic carbocycles. The number of carbonyl (C=O) groups is 1. The molecule has 3 rings (SSSR count). The Morgan fingerprint density at radius 2 is 1.68 bits per heavy atom. The number of rotatable bonds is 3. The van der Waals surface area contributed by atoms with Crippen LogP contribution in [0.2, 0.25) is 0 Å². The number of nitrogens with one attached hydrogen (secondary N) is 2. The Morgan fingerprint density at radius 1 is 0.947 bits per heavy atom. The van der Waals surface area contributed by atoms with Crippen LogP contribution in [0, 0.1) is 0 Å². The van der Waals surface area contributed by atoms with Gasteiger partial charge in [-0.1, -0.05) is 30.3 Å². The Bertz CT molecular complexity index is 785. The zero-order chi connectivity index (χ0) is 13.2. The van der Waals surface area contributed by atoms with E-state index in [2.05, 4.69) is 9.97 Å². The molecule has 1 aromatic heterocycles. The van der Waals surface area contributed by atoms with Gasteiger partial charge in [-0.15, -0.1) is 0 Å². The number of benzene rings is 2. The van der Waals surface area contributed by atoms with Crippen molar-refractivity contribution in [1.29, 1.82) is 0 Å². The molecule has 0 saturated heterocycles. The number of Topliss-reactive ketones (excluding diaryl/α,β-unsaturated/α-hetero) is 1. The quantitative estimate of drug-likeness (QED) is 0.702. The van der Waals surface area contributed by atoms with Gasteiger partial charge in [0.1, 0.15) is 0 Å². The number of ketones is 1. The van der Waals surface area contributed by atoms with E-state index in [-0.39, 0.29) is 11.5 Å². The van der Waals surface area contributed by atoms with E-state index in [0.717, 1.165) is 5.56 Å². The summed E-state index contributed by atoms with van der Waals surface area (Å²) in [5.41, 5.74) is 2.69.